The predicted octanol–water partition coefficient (Wildman–Crippen LogP) is 0.339. The molecule has 0 aliphatic carbocycles. The third kappa shape index (κ3) is 2.40. The average Bonchev–Trinajstić information content (AvgIpc) is 2.49. The Labute approximate surface area is 118 Å². The van der Waals surface area contributed by atoms with Crippen LogP contribution >= 0.6 is 0 Å². The van der Waals surface area contributed by atoms with Crippen LogP contribution in [0.1, 0.15) is 11.6 Å². The van der Waals surface area contributed by atoms with Crippen LogP contribution in [0.3, 0.4) is 0 Å². The number of benzene rings is 1. The molecule has 3 saturated heterocycles. The lowest BCUT2D eigenvalue weighted by Crippen LogP contribution is -2.64. The molecule has 1 aromatic rings. The first-order chi connectivity index (χ1) is 9.72. The number of rotatable bonds is 4. The molecule has 1 aromatic carbocycles. The third-order valence-electron chi connectivity index (χ3n) is 4.42. The van der Waals surface area contributed by atoms with Crippen LogP contribution in [0.25, 0.3) is 0 Å². The van der Waals surface area contributed by atoms with Gasteiger partial charge >= 0.3 is 0 Å². The van der Waals surface area contributed by atoms with Crippen LogP contribution in [-0.2, 0) is 0 Å². The van der Waals surface area contributed by atoms with Gasteiger partial charge in [-0.2, -0.15) is 0 Å². The standard InChI is InChI=1S/C14H21FN4O/c1-20-13-3-2-10(8-11(13)15)14(17-16)12-9-18-4-6-19(12)7-5-18/h2-3,8,12,14,17H,4-7,9,16H2,1H3. The first-order valence-electron chi connectivity index (χ1n) is 6.99. The Morgan fingerprint density at radius 3 is 2.60 bits per heavy atom. The highest BCUT2D eigenvalue weighted by Gasteiger charge is 2.37. The van der Waals surface area contributed by atoms with E-state index in [0.717, 1.165) is 38.3 Å². The summed E-state index contributed by atoms with van der Waals surface area (Å²) in [5.74, 6) is 5.66. The minimum Gasteiger partial charge on any atom is -0.494 e. The lowest BCUT2D eigenvalue weighted by atomic mass is 9.94. The molecule has 0 amide bonds. The Hall–Kier alpha value is -1.21. The molecule has 4 rings (SSSR count). The van der Waals surface area contributed by atoms with Crippen molar-refractivity contribution in [3.05, 3.63) is 29.6 Å². The third-order valence-corrected chi connectivity index (χ3v) is 4.42. The molecule has 2 bridgehead atoms. The summed E-state index contributed by atoms with van der Waals surface area (Å²) in [6.07, 6.45) is 0. The second-order valence-corrected chi connectivity index (χ2v) is 5.44. The van der Waals surface area contributed by atoms with E-state index in [2.05, 4.69) is 15.2 Å². The van der Waals surface area contributed by atoms with Crippen molar-refractivity contribution >= 4 is 0 Å². The molecule has 110 valence electrons. The normalized spacial score (nSPS) is 30.2. The molecule has 0 aromatic heterocycles. The molecule has 5 nitrogen and oxygen atoms in total. The number of ether oxygens (including phenoxy) is 1. The van der Waals surface area contributed by atoms with Crippen LogP contribution in [0, 0.1) is 5.82 Å². The smallest absolute Gasteiger partial charge is 0.165 e. The molecule has 2 unspecified atom stereocenters. The number of nitrogens with two attached hydrogens (primary N) is 1. The van der Waals surface area contributed by atoms with Gasteiger partial charge in [0.15, 0.2) is 11.6 Å². The van der Waals surface area contributed by atoms with Crippen molar-refractivity contribution in [1.29, 1.82) is 0 Å². The quantitative estimate of drug-likeness (QED) is 0.615. The summed E-state index contributed by atoms with van der Waals surface area (Å²) in [6, 6.07) is 5.27. The largest absolute Gasteiger partial charge is 0.494 e. The molecule has 3 heterocycles. The van der Waals surface area contributed by atoms with E-state index in [4.69, 9.17) is 10.6 Å². The van der Waals surface area contributed by atoms with Gasteiger partial charge in [-0.25, -0.2) is 4.39 Å². The monoisotopic (exact) mass is 280 g/mol. The predicted molar refractivity (Wildman–Crippen MR) is 74.8 cm³/mol. The second-order valence-electron chi connectivity index (χ2n) is 5.44. The fourth-order valence-corrected chi connectivity index (χ4v) is 3.28. The number of hydrogen-bond donors (Lipinski definition) is 2. The van der Waals surface area contributed by atoms with Gasteiger partial charge in [-0.15, -0.1) is 0 Å². The van der Waals surface area contributed by atoms with Crippen LogP contribution < -0.4 is 16.0 Å². The zero-order valence-electron chi connectivity index (χ0n) is 11.7. The van der Waals surface area contributed by atoms with Crippen molar-refractivity contribution in [3.8, 4) is 5.75 Å². The summed E-state index contributed by atoms with van der Waals surface area (Å²) < 4.78 is 18.8. The van der Waals surface area contributed by atoms with Crippen molar-refractivity contribution in [3.63, 3.8) is 0 Å². The van der Waals surface area contributed by atoms with Gasteiger partial charge in [-0.1, -0.05) is 6.07 Å². The van der Waals surface area contributed by atoms with E-state index in [9.17, 15) is 4.39 Å². The Kier molecular flexibility index (Phi) is 3.89. The summed E-state index contributed by atoms with van der Waals surface area (Å²) in [4.78, 5) is 4.88. The summed E-state index contributed by atoms with van der Waals surface area (Å²) in [5, 5.41) is 0. The van der Waals surface area contributed by atoms with Gasteiger partial charge in [-0.3, -0.25) is 21.1 Å². The van der Waals surface area contributed by atoms with Gasteiger partial charge < -0.3 is 4.74 Å². The molecule has 3 aliphatic heterocycles. The van der Waals surface area contributed by atoms with Gasteiger partial charge in [0, 0.05) is 38.8 Å². The number of nitrogens with one attached hydrogen (secondary N) is 1. The van der Waals surface area contributed by atoms with Crippen LogP contribution in [0.4, 0.5) is 4.39 Å². The van der Waals surface area contributed by atoms with Crippen molar-refractivity contribution in [2.75, 3.05) is 39.8 Å². The van der Waals surface area contributed by atoms with E-state index in [1.54, 1.807) is 6.07 Å². The van der Waals surface area contributed by atoms with Gasteiger partial charge in [0.05, 0.1) is 13.2 Å². The molecule has 2 atom stereocenters. The van der Waals surface area contributed by atoms with Crippen molar-refractivity contribution in [2.45, 2.75) is 12.1 Å². The Bertz CT molecular complexity index is 476. The van der Waals surface area contributed by atoms with Gasteiger partial charge in [0.2, 0.25) is 0 Å². The maximum Gasteiger partial charge on any atom is 0.165 e. The minimum atomic E-state index is -0.346. The van der Waals surface area contributed by atoms with Gasteiger partial charge in [0.25, 0.3) is 0 Å². The molecule has 3 fully saturated rings. The number of hydrazine groups is 1. The lowest BCUT2D eigenvalue weighted by molar-refractivity contribution is -0.00374. The molecule has 20 heavy (non-hydrogen) atoms. The van der Waals surface area contributed by atoms with E-state index < -0.39 is 0 Å². The van der Waals surface area contributed by atoms with Gasteiger partial charge in [0.1, 0.15) is 0 Å². The molecule has 0 radical (unpaired) electrons. The number of methoxy groups -OCH3 is 1. The zero-order valence-corrected chi connectivity index (χ0v) is 11.7. The van der Waals surface area contributed by atoms with E-state index in [0.29, 0.717) is 0 Å². The minimum absolute atomic E-state index is 0.0708. The van der Waals surface area contributed by atoms with Crippen LogP contribution in [0.5, 0.6) is 5.75 Å². The molecule has 0 spiro atoms. The molecule has 0 saturated carbocycles. The molecular weight excluding hydrogens is 259 g/mol. The summed E-state index contributed by atoms with van der Waals surface area (Å²) >= 11 is 0. The fourth-order valence-electron chi connectivity index (χ4n) is 3.28. The number of fused-ring (bicyclic) bond motifs is 3. The van der Waals surface area contributed by atoms with Crippen molar-refractivity contribution in [1.82, 2.24) is 15.2 Å². The van der Waals surface area contributed by atoms with E-state index in [-0.39, 0.29) is 23.7 Å². The number of halogens is 1. The number of piperazine rings is 3. The van der Waals surface area contributed by atoms with Crippen LogP contribution in [0.15, 0.2) is 18.2 Å². The van der Waals surface area contributed by atoms with Gasteiger partial charge in [-0.05, 0) is 17.7 Å². The first-order valence-corrected chi connectivity index (χ1v) is 6.99. The highest BCUT2D eigenvalue weighted by Crippen LogP contribution is 2.29. The lowest BCUT2D eigenvalue weighted by Gasteiger charge is -2.50. The first kappa shape index (κ1) is 13.8. The zero-order chi connectivity index (χ0) is 14.1. The van der Waals surface area contributed by atoms with E-state index in [1.165, 1.54) is 13.2 Å². The number of nitrogens with zero attached hydrogens (tertiary/aromatic N) is 2. The SMILES string of the molecule is COc1ccc(C(NN)C2CN3CCN2CC3)cc1F. The Morgan fingerprint density at radius 1 is 1.35 bits per heavy atom. The highest BCUT2D eigenvalue weighted by atomic mass is 19.1. The Morgan fingerprint density at radius 2 is 2.10 bits per heavy atom. The van der Waals surface area contributed by atoms with Crippen LogP contribution in [-0.4, -0.2) is 55.7 Å². The topological polar surface area (TPSA) is 53.8 Å². The second kappa shape index (κ2) is 5.65. The fraction of sp³-hybridized carbons (Fsp3) is 0.571. The van der Waals surface area contributed by atoms with Crippen molar-refractivity contribution < 1.29 is 9.13 Å². The summed E-state index contributed by atoms with van der Waals surface area (Å²) in [6.45, 7) is 5.32. The molecular formula is C14H21FN4O. The maximum absolute atomic E-state index is 13.9. The molecule has 6 heteroatoms. The summed E-state index contributed by atoms with van der Waals surface area (Å²) in [5.41, 5.74) is 3.73. The average molecular weight is 280 g/mol. The molecule has 3 aliphatic rings. The highest BCUT2D eigenvalue weighted by molar-refractivity contribution is 5.32. The van der Waals surface area contributed by atoms with E-state index >= 15 is 0 Å². The van der Waals surface area contributed by atoms with E-state index in [1.807, 2.05) is 6.07 Å². The Balaban J connectivity index is 1.84. The maximum atomic E-state index is 13.9. The van der Waals surface area contributed by atoms with Crippen LogP contribution in [0.2, 0.25) is 0 Å². The number of hydrogen-bond acceptors (Lipinski definition) is 5. The molecule has 3 N–H and O–H groups in total. The van der Waals surface area contributed by atoms with Crippen molar-refractivity contribution in [2.24, 2.45) is 5.84 Å². The summed E-state index contributed by atoms with van der Waals surface area (Å²) in [7, 11) is 1.47.